The molecule has 0 atom stereocenters. The van der Waals surface area contributed by atoms with E-state index in [-0.39, 0.29) is 6.54 Å². The lowest BCUT2D eigenvalue weighted by molar-refractivity contribution is 0.567. The standard InChI is InChI=1S/C8H7FN2/c1-2-6-3-7(4-10)8(9)11-5-6/h1,3,5H,4,10H2. The highest BCUT2D eigenvalue weighted by Crippen LogP contribution is 2.04. The van der Waals surface area contributed by atoms with Crippen LogP contribution in [0.4, 0.5) is 4.39 Å². The second-order valence-corrected chi connectivity index (χ2v) is 2.02. The minimum Gasteiger partial charge on any atom is -0.326 e. The molecule has 56 valence electrons. The predicted octanol–water partition coefficient (Wildman–Crippen LogP) is 0.661. The molecule has 0 fully saturated rings. The van der Waals surface area contributed by atoms with Gasteiger partial charge in [0.1, 0.15) is 0 Å². The lowest BCUT2D eigenvalue weighted by atomic mass is 10.2. The highest BCUT2D eigenvalue weighted by atomic mass is 19.1. The first kappa shape index (κ1) is 7.70. The number of rotatable bonds is 1. The molecule has 0 saturated carbocycles. The van der Waals surface area contributed by atoms with E-state index < -0.39 is 5.95 Å². The number of aromatic nitrogens is 1. The zero-order chi connectivity index (χ0) is 8.27. The van der Waals surface area contributed by atoms with Crippen LogP contribution in [0.3, 0.4) is 0 Å². The summed E-state index contributed by atoms with van der Waals surface area (Å²) in [6, 6.07) is 1.52. The molecule has 0 unspecified atom stereocenters. The van der Waals surface area contributed by atoms with Crippen molar-refractivity contribution in [3.05, 3.63) is 29.3 Å². The average molecular weight is 150 g/mol. The quantitative estimate of drug-likeness (QED) is 0.472. The van der Waals surface area contributed by atoms with Crippen molar-refractivity contribution >= 4 is 0 Å². The Hall–Kier alpha value is -1.40. The second kappa shape index (κ2) is 3.13. The molecule has 0 aliphatic heterocycles. The van der Waals surface area contributed by atoms with Gasteiger partial charge in [-0.2, -0.15) is 4.39 Å². The molecule has 1 aromatic rings. The van der Waals surface area contributed by atoms with E-state index in [2.05, 4.69) is 10.9 Å². The first-order valence-corrected chi connectivity index (χ1v) is 3.09. The number of halogens is 1. The van der Waals surface area contributed by atoms with Crippen LogP contribution in [0, 0.1) is 18.3 Å². The van der Waals surface area contributed by atoms with Crippen molar-refractivity contribution in [3.63, 3.8) is 0 Å². The van der Waals surface area contributed by atoms with E-state index in [1.165, 1.54) is 12.3 Å². The van der Waals surface area contributed by atoms with Gasteiger partial charge < -0.3 is 5.73 Å². The largest absolute Gasteiger partial charge is 0.326 e. The Labute approximate surface area is 64.3 Å². The molecule has 0 aromatic carbocycles. The van der Waals surface area contributed by atoms with Gasteiger partial charge in [0.2, 0.25) is 5.95 Å². The second-order valence-electron chi connectivity index (χ2n) is 2.02. The highest BCUT2D eigenvalue weighted by Gasteiger charge is 2.00. The van der Waals surface area contributed by atoms with Gasteiger partial charge in [-0.05, 0) is 6.07 Å². The molecule has 0 bridgehead atoms. The van der Waals surface area contributed by atoms with Crippen LogP contribution in [0.25, 0.3) is 0 Å². The molecule has 3 heteroatoms. The number of hydrogen-bond acceptors (Lipinski definition) is 2. The zero-order valence-corrected chi connectivity index (χ0v) is 5.84. The Bertz CT molecular complexity index is 301. The van der Waals surface area contributed by atoms with E-state index >= 15 is 0 Å². The van der Waals surface area contributed by atoms with Crippen LogP contribution in [0.1, 0.15) is 11.1 Å². The third kappa shape index (κ3) is 1.54. The molecular formula is C8H7FN2. The molecule has 2 N–H and O–H groups in total. The maximum atomic E-state index is 12.6. The fourth-order valence-corrected chi connectivity index (χ4v) is 0.716. The van der Waals surface area contributed by atoms with Gasteiger partial charge in [0.15, 0.2) is 0 Å². The molecule has 11 heavy (non-hydrogen) atoms. The molecule has 2 nitrogen and oxygen atoms in total. The first-order valence-electron chi connectivity index (χ1n) is 3.09. The van der Waals surface area contributed by atoms with Gasteiger partial charge in [0.25, 0.3) is 0 Å². The summed E-state index contributed by atoms with van der Waals surface area (Å²) in [5.74, 6) is 1.79. The summed E-state index contributed by atoms with van der Waals surface area (Å²) in [5, 5.41) is 0. The molecule has 0 aliphatic rings. The van der Waals surface area contributed by atoms with Gasteiger partial charge in [-0.25, -0.2) is 4.98 Å². The van der Waals surface area contributed by atoms with Gasteiger partial charge >= 0.3 is 0 Å². The molecule has 0 aliphatic carbocycles. The van der Waals surface area contributed by atoms with Gasteiger partial charge in [-0.15, -0.1) is 6.42 Å². The van der Waals surface area contributed by atoms with Crippen LogP contribution in [0.15, 0.2) is 12.3 Å². The molecule has 0 amide bonds. The maximum Gasteiger partial charge on any atom is 0.217 e. The van der Waals surface area contributed by atoms with Crippen LogP contribution < -0.4 is 5.73 Å². The number of nitrogens with zero attached hydrogens (tertiary/aromatic N) is 1. The minimum atomic E-state index is -0.550. The van der Waals surface area contributed by atoms with Gasteiger partial charge in [0.05, 0.1) is 0 Å². The van der Waals surface area contributed by atoms with Crippen LogP contribution in [-0.4, -0.2) is 4.98 Å². The number of hydrogen-bond donors (Lipinski definition) is 1. The Kier molecular flexibility index (Phi) is 2.19. The molecule has 0 radical (unpaired) electrons. The van der Waals surface area contributed by atoms with E-state index in [0.717, 1.165) is 0 Å². The fraction of sp³-hybridized carbons (Fsp3) is 0.125. The third-order valence-electron chi connectivity index (χ3n) is 1.30. The summed E-state index contributed by atoms with van der Waals surface area (Å²) in [5.41, 5.74) is 6.12. The topological polar surface area (TPSA) is 38.9 Å². The van der Waals surface area contributed by atoms with Crippen molar-refractivity contribution in [2.24, 2.45) is 5.73 Å². The number of pyridine rings is 1. The number of terminal acetylenes is 1. The molecule has 1 rings (SSSR count). The molecular weight excluding hydrogens is 143 g/mol. The zero-order valence-electron chi connectivity index (χ0n) is 5.84. The monoisotopic (exact) mass is 150 g/mol. The molecule has 0 spiro atoms. The molecule has 0 saturated heterocycles. The van der Waals surface area contributed by atoms with E-state index in [1.807, 2.05) is 0 Å². The average Bonchev–Trinajstić information content (AvgIpc) is 2.05. The van der Waals surface area contributed by atoms with Crippen LogP contribution in [0.2, 0.25) is 0 Å². The lowest BCUT2D eigenvalue weighted by Gasteiger charge is -1.97. The minimum absolute atomic E-state index is 0.119. The fourth-order valence-electron chi connectivity index (χ4n) is 0.716. The van der Waals surface area contributed by atoms with Crippen molar-refractivity contribution in [2.75, 3.05) is 0 Å². The van der Waals surface area contributed by atoms with Crippen molar-refractivity contribution in [3.8, 4) is 12.3 Å². The summed E-state index contributed by atoms with van der Waals surface area (Å²) >= 11 is 0. The van der Waals surface area contributed by atoms with E-state index in [0.29, 0.717) is 11.1 Å². The van der Waals surface area contributed by atoms with Crippen molar-refractivity contribution < 1.29 is 4.39 Å². The van der Waals surface area contributed by atoms with Gasteiger partial charge in [0, 0.05) is 23.9 Å². The van der Waals surface area contributed by atoms with Crippen molar-refractivity contribution in [2.45, 2.75) is 6.54 Å². The first-order chi connectivity index (χ1) is 5.27. The highest BCUT2D eigenvalue weighted by molar-refractivity contribution is 5.32. The van der Waals surface area contributed by atoms with Crippen LogP contribution >= 0.6 is 0 Å². The number of nitrogens with two attached hydrogens (primary N) is 1. The Balaban J connectivity index is 3.15. The van der Waals surface area contributed by atoms with Gasteiger partial charge in [-0.3, -0.25) is 0 Å². The molecule has 1 heterocycles. The Morgan fingerprint density at radius 3 is 3.00 bits per heavy atom. The van der Waals surface area contributed by atoms with Crippen molar-refractivity contribution in [1.82, 2.24) is 4.98 Å². The predicted molar refractivity (Wildman–Crippen MR) is 40.0 cm³/mol. The summed E-state index contributed by atoms with van der Waals surface area (Å²) in [7, 11) is 0. The third-order valence-corrected chi connectivity index (χ3v) is 1.30. The van der Waals surface area contributed by atoms with E-state index in [1.54, 1.807) is 0 Å². The molecule has 1 aromatic heterocycles. The summed E-state index contributed by atoms with van der Waals surface area (Å²) < 4.78 is 12.6. The van der Waals surface area contributed by atoms with Crippen molar-refractivity contribution in [1.29, 1.82) is 0 Å². The van der Waals surface area contributed by atoms with E-state index in [4.69, 9.17) is 12.2 Å². The Morgan fingerprint density at radius 2 is 2.45 bits per heavy atom. The smallest absolute Gasteiger partial charge is 0.217 e. The van der Waals surface area contributed by atoms with Crippen LogP contribution in [-0.2, 0) is 6.54 Å². The summed E-state index contributed by atoms with van der Waals surface area (Å²) in [6.07, 6.45) is 6.37. The SMILES string of the molecule is C#Cc1cnc(F)c(CN)c1. The summed E-state index contributed by atoms with van der Waals surface area (Å²) in [6.45, 7) is 0.119. The maximum absolute atomic E-state index is 12.6. The Morgan fingerprint density at radius 1 is 1.73 bits per heavy atom. The normalized spacial score (nSPS) is 9.18. The van der Waals surface area contributed by atoms with E-state index in [9.17, 15) is 4.39 Å². The lowest BCUT2D eigenvalue weighted by Crippen LogP contribution is -2.02. The van der Waals surface area contributed by atoms with Crippen LogP contribution in [0.5, 0.6) is 0 Å². The van der Waals surface area contributed by atoms with Gasteiger partial charge in [-0.1, -0.05) is 5.92 Å². The summed E-state index contributed by atoms with van der Waals surface area (Å²) in [4.78, 5) is 3.43.